The van der Waals surface area contributed by atoms with E-state index in [2.05, 4.69) is 15.6 Å². The van der Waals surface area contributed by atoms with Crippen LogP contribution in [0.2, 0.25) is 0 Å². The Hall–Kier alpha value is -2.92. The lowest BCUT2D eigenvalue weighted by Gasteiger charge is -2.18. The number of aromatic nitrogens is 1. The van der Waals surface area contributed by atoms with Gasteiger partial charge in [-0.05, 0) is 57.5 Å². The van der Waals surface area contributed by atoms with Crippen LogP contribution in [0.4, 0.5) is 11.4 Å². The minimum atomic E-state index is -0.295. The van der Waals surface area contributed by atoms with Crippen LogP contribution in [0.1, 0.15) is 36.3 Å². The number of nitrogens with two attached hydrogens (primary N) is 1. The van der Waals surface area contributed by atoms with E-state index in [1.807, 2.05) is 75.4 Å². The maximum Gasteiger partial charge on any atom is 0.251 e. The maximum atomic E-state index is 12.4. The number of hydrogen-bond acceptors (Lipinski definition) is 4. The average Bonchev–Trinajstić information content (AvgIpc) is 2.60. The second kappa shape index (κ2) is 7.76. The average molecular weight is 362 g/mol. The fourth-order valence-corrected chi connectivity index (χ4v) is 2.91. The molecule has 0 aliphatic carbocycles. The lowest BCUT2D eigenvalue weighted by Crippen LogP contribution is -2.37. The van der Waals surface area contributed by atoms with Crippen LogP contribution in [0.25, 0.3) is 10.9 Å². The van der Waals surface area contributed by atoms with E-state index >= 15 is 0 Å². The molecule has 2 aromatic carbocycles. The van der Waals surface area contributed by atoms with Gasteiger partial charge >= 0.3 is 0 Å². The highest BCUT2D eigenvalue weighted by Gasteiger charge is 2.12. The number of nitrogens with one attached hydrogen (secondary N) is 2. The standard InChI is InChI=1S/C22H26N4O/c1-15-13-20(18-9-4-5-10-19(18)25-15)26-17-8-6-7-16(14-17)21(27)24-12-11-22(2,3)23/h4-10,13-14H,11-12,23H2,1-3H3,(H,24,27)(H,25,26). The van der Waals surface area contributed by atoms with Gasteiger partial charge in [-0.2, -0.15) is 0 Å². The monoisotopic (exact) mass is 362 g/mol. The Morgan fingerprint density at radius 3 is 2.67 bits per heavy atom. The minimum Gasteiger partial charge on any atom is -0.355 e. The third kappa shape index (κ3) is 5.05. The minimum absolute atomic E-state index is 0.0985. The van der Waals surface area contributed by atoms with Gasteiger partial charge in [0.25, 0.3) is 5.91 Å². The van der Waals surface area contributed by atoms with Gasteiger partial charge in [-0.15, -0.1) is 0 Å². The van der Waals surface area contributed by atoms with Gasteiger partial charge in [0, 0.05) is 40.1 Å². The number of aryl methyl sites for hydroxylation is 1. The van der Waals surface area contributed by atoms with Crippen molar-refractivity contribution in [2.24, 2.45) is 5.73 Å². The zero-order chi connectivity index (χ0) is 19.4. The van der Waals surface area contributed by atoms with E-state index in [9.17, 15) is 4.79 Å². The number of hydrogen-bond donors (Lipinski definition) is 3. The van der Waals surface area contributed by atoms with Gasteiger partial charge in [0.15, 0.2) is 0 Å². The quantitative estimate of drug-likeness (QED) is 0.615. The summed E-state index contributed by atoms with van der Waals surface area (Å²) in [4.78, 5) is 17.0. The zero-order valence-corrected chi connectivity index (χ0v) is 16.0. The van der Waals surface area contributed by atoms with Crippen molar-refractivity contribution in [2.45, 2.75) is 32.7 Å². The molecule has 3 rings (SSSR count). The van der Waals surface area contributed by atoms with Gasteiger partial charge in [0.05, 0.1) is 5.52 Å². The molecule has 0 radical (unpaired) electrons. The molecule has 0 unspecified atom stereocenters. The highest BCUT2D eigenvalue weighted by Crippen LogP contribution is 2.26. The Labute approximate surface area is 160 Å². The van der Waals surface area contributed by atoms with Gasteiger partial charge in [0.1, 0.15) is 0 Å². The van der Waals surface area contributed by atoms with E-state index in [4.69, 9.17) is 5.73 Å². The summed E-state index contributed by atoms with van der Waals surface area (Å²) < 4.78 is 0. The second-order valence-corrected chi connectivity index (χ2v) is 7.53. The molecule has 3 aromatic rings. The highest BCUT2D eigenvalue weighted by molar-refractivity contribution is 5.96. The summed E-state index contributed by atoms with van der Waals surface area (Å²) in [5.41, 5.74) is 10.00. The topological polar surface area (TPSA) is 80.0 Å². The summed E-state index contributed by atoms with van der Waals surface area (Å²) in [6, 6.07) is 17.5. The van der Waals surface area contributed by atoms with E-state index in [0.29, 0.717) is 12.1 Å². The number of benzene rings is 2. The van der Waals surface area contributed by atoms with E-state index in [-0.39, 0.29) is 11.4 Å². The summed E-state index contributed by atoms with van der Waals surface area (Å²) in [7, 11) is 0. The summed E-state index contributed by atoms with van der Waals surface area (Å²) in [6.45, 7) is 6.42. The zero-order valence-electron chi connectivity index (χ0n) is 16.0. The van der Waals surface area contributed by atoms with Crippen molar-refractivity contribution in [3.63, 3.8) is 0 Å². The number of fused-ring (bicyclic) bond motifs is 1. The fourth-order valence-electron chi connectivity index (χ4n) is 2.91. The predicted octanol–water partition coefficient (Wildman–Crippen LogP) is 4.14. The normalized spacial score (nSPS) is 11.4. The first-order valence-corrected chi connectivity index (χ1v) is 9.12. The van der Waals surface area contributed by atoms with Crippen LogP contribution in [0.5, 0.6) is 0 Å². The van der Waals surface area contributed by atoms with Crippen molar-refractivity contribution in [3.05, 3.63) is 65.9 Å². The summed E-state index contributed by atoms with van der Waals surface area (Å²) in [5, 5.41) is 7.40. The molecule has 5 nitrogen and oxygen atoms in total. The first-order chi connectivity index (χ1) is 12.8. The molecule has 27 heavy (non-hydrogen) atoms. The molecule has 0 fully saturated rings. The number of amides is 1. The molecule has 0 bridgehead atoms. The van der Waals surface area contributed by atoms with Gasteiger partial charge in [-0.3, -0.25) is 9.78 Å². The van der Waals surface area contributed by atoms with Gasteiger partial charge in [0.2, 0.25) is 0 Å². The molecule has 5 heteroatoms. The van der Waals surface area contributed by atoms with E-state index in [0.717, 1.165) is 34.4 Å². The Bertz CT molecular complexity index is 960. The summed E-state index contributed by atoms with van der Waals surface area (Å²) in [5.74, 6) is -0.0985. The number of carbonyl (C=O) groups excluding carboxylic acids is 1. The number of rotatable bonds is 6. The summed E-state index contributed by atoms with van der Waals surface area (Å²) >= 11 is 0. The van der Waals surface area contributed by atoms with Crippen molar-refractivity contribution < 1.29 is 4.79 Å². The number of pyridine rings is 1. The third-order valence-corrected chi connectivity index (χ3v) is 4.30. The van der Waals surface area contributed by atoms with Crippen LogP contribution in [0.3, 0.4) is 0 Å². The number of para-hydroxylation sites is 1. The molecular weight excluding hydrogens is 336 g/mol. The van der Waals surface area contributed by atoms with Crippen LogP contribution >= 0.6 is 0 Å². The molecule has 0 aliphatic rings. The first kappa shape index (κ1) is 18.9. The molecule has 0 atom stereocenters. The van der Waals surface area contributed by atoms with Gasteiger partial charge < -0.3 is 16.4 Å². The Kier molecular flexibility index (Phi) is 5.42. The SMILES string of the molecule is Cc1cc(Nc2cccc(C(=O)NCCC(C)(C)N)c2)c2ccccc2n1. The number of anilines is 2. The highest BCUT2D eigenvalue weighted by atomic mass is 16.1. The van der Waals surface area contributed by atoms with E-state index < -0.39 is 0 Å². The molecule has 4 N–H and O–H groups in total. The second-order valence-electron chi connectivity index (χ2n) is 7.53. The lowest BCUT2D eigenvalue weighted by molar-refractivity contribution is 0.0951. The van der Waals surface area contributed by atoms with Crippen molar-refractivity contribution in [1.82, 2.24) is 10.3 Å². The lowest BCUT2D eigenvalue weighted by atomic mass is 10.0. The molecule has 140 valence electrons. The smallest absolute Gasteiger partial charge is 0.251 e. The van der Waals surface area contributed by atoms with Crippen LogP contribution < -0.4 is 16.4 Å². The first-order valence-electron chi connectivity index (χ1n) is 9.12. The molecule has 0 aliphatic heterocycles. The Morgan fingerprint density at radius 2 is 1.89 bits per heavy atom. The third-order valence-electron chi connectivity index (χ3n) is 4.30. The fraction of sp³-hybridized carbons (Fsp3) is 0.273. The van der Waals surface area contributed by atoms with Crippen molar-refractivity contribution in [2.75, 3.05) is 11.9 Å². The molecule has 1 heterocycles. The molecule has 0 saturated heterocycles. The van der Waals surface area contributed by atoms with Crippen LogP contribution in [-0.4, -0.2) is 23.0 Å². The molecule has 0 saturated carbocycles. The Morgan fingerprint density at radius 1 is 1.11 bits per heavy atom. The molecule has 1 aromatic heterocycles. The maximum absolute atomic E-state index is 12.4. The van der Waals surface area contributed by atoms with Gasteiger partial charge in [-0.25, -0.2) is 0 Å². The molecular formula is C22H26N4O. The molecule has 1 amide bonds. The van der Waals surface area contributed by atoms with Crippen molar-refractivity contribution >= 4 is 28.2 Å². The number of carbonyl (C=O) groups is 1. The summed E-state index contributed by atoms with van der Waals surface area (Å²) in [6.07, 6.45) is 0.721. The predicted molar refractivity (Wildman–Crippen MR) is 111 cm³/mol. The molecule has 0 spiro atoms. The largest absolute Gasteiger partial charge is 0.355 e. The van der Waals surface area contributed by atoms with Crippen LogP contribution in [-0.2, 0) is 0 Å². The van der Waals surface area contributed by atoms with E-state index in [1.165, 1.54) is 0 Å². The number of nitrogens with zero attached hydrogens (tertiary/aromatic N) is 1. The Balaban J connectivity index is 1.78. The van der Waals surface area contributed by atoms with Crippen LogP contribution in [0, 0.1) is 6.92 Å². The van der Waals surface area contributed by atoms with E-state index in [1.54, 1.807) is 0 Å². The van der Waals surface area contributed by atoms with Crippen molar-refractivity contribution in [3.8, 4) is 0 Å². The van der Waals surface area contributed by atoms with Gasteiger partial charge in [-0.1, -0.05) is 24.3 Å². The van der Waals surface area contributed by atoms with Crippen LogP contribution in [0.15, 0.2) is 54.6 Å². The van der Waals surface area contributed by atoms with Crippen molar-refractivity contribution in [1.29, 1.82) is 0 Å².